The van der Waals surface area contributed by atoms with Crippen molar-refractivity contribution in [2.75, 3.05) is 13.2 Å². The van der Waals surface area contributed by atoms with Gasteiger partial charge in [0.05, 0.1) is 18.6 Å². The van der Waals surface area contributed by atoms with E-state index >= 15 is 0 Å². The molecule has 1 aliphatic rings. The lowest BCUT2D eigenvalue weighted by Crippen LogP contribution is -2.35. The quantitative estimate of drug-likeness (QED) is 0.791. The molecule has 0 saturated heterocycles. The number of carbonyl (C=O) groups is 2. The predicted molar refractivity (Wildman–Crippen MR) is 72.2 cm³/mol. The molecule has 1 aromatic rings. The maximum absolute atomic E-state index is 12.0. The molecule has 2 rings (SSSR count). The first kappa shape index (κ1) is 14.4. The minimum Gasteiger partial charge on any atom is -0.486 e. The molecule has 0 bridgehead atoms. The van der Waals surface area contributed by atoms with Gasteiger partial charge >= 0.3 is 5.97 Å². The standard InChI is InChI=1S/C15H18O5/c1-4-18-14(17)9-19-10-5-6-11-12(16)8-15(2,3)20-13(11)7-10/h5-7H,4,8-9H2,1-3H3. The Bertz CT molecular complexity index is 533. The molecule has 0 fully saturated rings. The average Bonchev–Trinajstić information content (AvgIpc) is 2.34. The van der Waals surface area contributed by atoms with Crippen molar-refractivity contribution in [3.63, 3.8) is 0 Å². The van der Waals surface area contributed by atoms with Crippen molar-refractivity contribution in [3.05, 3.63) is 23.8 Å². The summed E-state index contributed by atoms with van der Waals surface area (Å²) in [6.07, 6.45) is 0.350. The molecule has 0 aromatic heterocycles. The SMILES string of the molecule is CCOC(=O)COc1ccc2c(c1)OC(C)(C)CC2=O. The van der Waals surface area contributed by atoms with Gasteiger partial charge in [0.15, 0.2) is 12.4 Å². The highest BCUT2D eigenvalue weighted by atomic mass is 16.6. The second-order valence-corrected chi connectivity index (χ2v) is 5.21. The normalized spacial score (nSPS) is 16.1. The van der Waals surface area contributed by atoms with Crippen molar-refractivity contribution in [2.24, 2.45) is 0 Å². The van der Waals surface area contributed by atoms with Gasteiger partial charge in [0, 0.05) is 6.07 Å². The summed E-state index contributed by atoms with van der Waals surface area (Å²) in [5, 5.41) is 0. The van der Waals surface area contributed by atoms with Crippen LogP contribution in [0.4, 0.5) is 0 Å². The van der Waals surface area contributed by atoms with Crippen LogP contribution in [0.2, 0.25) is 0 Å². The van der Waals surface area contributed by atoms with Gasteiger partial charge in [-0.1, -0.05) is 0 Å². The molecule has 0 spiro atoms. The van der Waals surface area contributed by atoms with Gasteiger partial charge in [0.1, 0.15) is 17.1 Å². The van der Waals surface area contributed by atoms with Gasteiger partial charge in [-0.25, -0.2) is 4.79 Å². The molecule has 0 amide bonds. The van der Waals surface area contributed by atoms with Crippen LogP contribution < -0.4 is 9.47 Å². The van der Waals surface area contributed by atoms with E-state index in [1.807, 2.05) is 13.8 Å². The molecule has 0 unspecified atom stereocenters. The van der Waals surface area contributed by atoms with E-state index in [0.717, 1.165) is 0 Å². The minimum absolute atomic E-state index is 0.0493. The Hall–Kier alpha value is -2.04. The van der Waals surface area contributed by atoms with E-state index in [0.29, 0.717) is 30.1 Å². The smallest absolute Gasteiger partial charge is 0.344 e. The van der Waals surface area contributed by atoms with Crippen LogP contribution in [0, 0.1) is 0 Å². The van der Waals surface area contributed by atoms with Crippen LogP contribution in [0.5, 0.6) is 11.5 Å². The molecule has 5 nitrogen and oxygen atoms in total. The summed E-state index contributed by atoms with van der Waals surface area (Å²) in [6.45, 7) is 5.61. The van der Waals surface area contributed by atoms with Gasteiger partial charge in [-0.05, 0) is 32.9 Å². The third-order valence-electron chi connectivity index (χ3n) is 2.89. The number of benzene rings is 1. The van der Waals surface area contributed by atoms with Gasteiger partial charge in [0.25, 0.3) is 0 Å². The van der Waals surface area contributed by atoms with E-state index in [-0.39, 0.29) is 12.4 Å². The van der Waals surface area contributed by atoms with E-state index in [4.69, 9.17) is 14.2 Å². The van der Waals surface area contributed by atoms with E-state index in [1.165, 1.54) is 0 Å². The van der Waals surface area contributed by atoms with Gasteiger partial charge in [0.2, 0.25) is 0 Å². The monoisotopic (exact) mass is 278 g/mol. The fourth-order valence-electron chi connectivity index (χ4n) is 2.07. The third kappa shape index (κ3) is 3.29. The molecule has 0 atom stereocenters. The molecule has 0 aliphatic carbocycles. The number of Topliss-reactive ketones (excluding diaryl/α,β-unsaturated/α-hetero) is 1. The van der Waals surface area contributed by atoms with Crippen molar-refractivity contribution < 1.29 is 23.8 Å². The van der Waals surface area contributed by atoms with Crippen molar-refractivity contribution >= 4 is 11.8 Å². The topological polar surface area (TPSA) is 61.8 Å². The third-order valence-corrected chi connectivity index (χ3v) is 2.89. The van der Waals surface area contributed by atoms with Crippen molar-refractivity contribution in [2.45, 2.75) is 32.8 Å². The zero-order valence-electron chi connectivity index (χ0n) is 11.9. The summed E-state index contributed by atoms with van der Waals surface area (Å²) in [4.78, 5) is 23.2. The lowest BCUT2D eigenvalue weighted by molar-refractivity contribution is -0.145. The van der Waals surface area contributed by atoms with Crippen LogP contribution in [0.15, 0.2) is 18.2 Å². The number of hydrogen-bond acceptors (Lipinski definition) is 5. The van der Waals surface area contributed by atoms with Crippen LogP contribution in [-0.2, 0) is 9.53 Å². The highest BCUT2D eigenvalue weighted by molar-refractivity contribution is 6.00. The second-order valence-electron chi connectivity index (χ2n) is 5.21. The molecular weight excluding hydrogens is 260 g/mol. The van der Waals surface area contributed by atoms with E-state index in [2.05, 4.69) is 0 Å². The Morgan fingerprint density at radius 2 is 2.15 bits per heavy atom. The van der Waals surface area contributed by atoms with Crippen molar-refractivity contribution in [1.82, 2.24) is 0 Å². The van der Waals surface area contributed by atoms with Crippen LogP contribution >= 0.6 is 0 Å². The second kappa shape index (κ2) is 5.53. The zero-order valence-corrected chi connectivity index (χ0v) is 11.9. The number of ether oxygens (including phenoxy) is 3. The molecule has 0 saturated carbocycles. The van der Waals surface area contributed by atoms with Gasteiger partial charge < -0.3 is 14.2 Å². The van der Waals surface area contributed by atoms with Crippen LogP contribution in [-0.4, -0.2) is 30.6 Å². The summed E-state index contributed by atoms with van der Waals surface area (Å²) in [6, 6.07) is 4.94. The van der Waals surface area contributed by atoms with Gasteiger partial charge in [-0.2, -0.15) is 0 Å². The Morgan fingerprint density at radius 1 is 1.40 bits per heavy atom. The highest BCUT2D eigenvalue weighted by Gasteiger charge is 2.32. The number of fused-ring (bicyclic) bond motifs is 1. The fourth-order valence-corrected chi connectivity index (χ4v) is 2.07. The molecule has 108 valence electrons. The number of rotatable bonds is 4. The summed E-state index contributed by atoms with van der Waals surface area (Å²) in [5.41, 5.74) is 0.0249. The summed E-state index contributed by atoms with van der Waals surface area (Å²) in [7, 11) is 0. The molecule has 0 radical (unpaired) electrons. The van der Waals surface area contributed by atoms with Crippen LogP contribution in [0.1, 0.15) is 37.6 Å². The molecule has 1 heterocycles. The molecular formula is C15H18O5. The lowest BCUT2D eigenvalue weighted by atomic mass is 9.93. The van der Waals surface area contributed by atoms with Gasteiger partial charge in [-0.15, -0.1) is 0 Å². The average molecular weight is 278 g/mol. The van der Waals surface area contributed by atoms with E-state index < -0.39 is 11.6 Å². The first-order valence-corrected chi connectivity index (χ1v) is 6.56. The maximum Gasteiger partial charge on any atom is 0.344 e. The Labute approximate surface area is 117 Å². The summed E-state index contributed by atoms with van der Waals surface area (Å²) in [5.74, 6) is 0.589. The number of esters is 1. The van der Waals surface area contributed by atoms with Crippen LogP contribution in [0.25, 0.3) is 0 Å². The molecule has 5 heteroatoms. The fraction of sp³-hybridized carbons (Fsp3) is 0.467. The highest BCUT2D eigenvalue weighted by Crippen LogP contribution is 2.35. The van der Waals surface area contributed by atoms with Crippen molar-refractivity contribution in [3.8, 4) is 11.5 Å². The molecule has 0 N–H and O–H groups in total. The number of carbonyl (C=O) groups excluding carboxylic acids is 2. The molecule has 1 aliphatic heterocycles. The number of ketones is 1. The van der Waals surface area contributed by atoms with E-state index in [1.54, 1.807) is 25.1 Å². The maximum atomic E-state index is 12.0. The first-order valence-electron chi connectivity index (χ1n) is 6.56. The Morgan fingerprint density at radius 3 is 2.85 bits per heavy atom. The predicted octanol–water partition coefficient (Wildman–Crippen LogP) is 2.37. The summed E-state index contributed by atoms with van der Waals surface area (Å²) >= 11 is 0. The summed E-state index contributed by atoms with van der Waals surface area (Å²) < 4.78 is 15.9. The van der Waals surface area contributed by atoms with E-state index in [9.17, 15) is 9.59 Å². The first-order chi connectivity index (χ1) is 9.41. The Kier molecular flexibility index (Phi) is 3.97. The van der Waals surface area contributed by atoms with Crippen molar-refractivity contribution in [1.29, 1.82) is 0 Å². The number of hydrogen-bond donors (Lipinski definition) is 0. The zero-order chi connectivity index (χ0) is 14.8. The lowest BCUT2D eigenvalue weighted by Gasteiger charge is -2.31. The minimum atomic E-state index is -0.524. The largest absolute Gasteiger partial charge is 0.486 e. The van der Waals surface area contributed by atoms with Crippen LogP contribution in [0.3, 0.4) is 0 Å². The molecule has 20 heavy (non-hydrogen) atoms. The molecule has 1 aromatic carbocycles. The Balaban J connectivity index is 2.11. The van der Waals surface area contributed by atoms with Gasteiger partial charge in [-0.3, -0.25) is 4.79 Å².